The van der Waals surface area contributed by atoms with Crippen LogP contribution in [0.15, 0.2) is 0 Å². The molecule has 3 saturated carbocycles. The highest BCUT2D eigenvalue weighted by Gasteiger charge is 2.73. The number of fused-ring (bicyclic) bond motifs is 1. The third kappa shape index (κ3) is 1.24. The van der Waals surface area contributed by atoms with Crippen molar-refractivity contribution in [3.8, 4) is 6.07 Å². The molecule has 3 amide bonds. The molecule has 2 heterocycles. The van der Waals surface area contributed by atoms with Gasteiger partial charge in [0.1, 0.15) is 0 Å². The minimum absolute atomic E-state index is 0.0283. The summed E-state index contributed by atoms with van der Waals surface area (Å²) in [7, 11) is 0. The average Bonchev–Trinajstić information content (AvgIpc) is 2.64. The quantitative estimate of drug-likeness (QED) is 0.756. The van der Waals surface area contributed by atoms with E-state index in [1.54, 1.807) is 4.90 Å². The van der Waals surface area contributed by atoms with Crippen LogP contribution in [0.4, 0.5) is 9.59 Å². The van der Waals surface area contributed by atoms with Crippen molar-refractivity contribution in [1.29, 1.82) is 5.26 Å². The average molecular weight is 276 g/mol. The van der Waals surface area contributed by atoms with E-state index in [1.807, 2.05) is 4.90 Å². The second-order valence-corrected chi connectivity index (χ2v) is 6.62. The summed E-state index contributed by atoms with van der Waals surface area (Å²) in [4.78, 5) is 28.6. The lowest BCUT2D eigenvalue weighted by molar-refractivity contribution is -0.163. The number of hydrogen-bond donors (Lipinski definition) is 1. The molecule has 106 valence electrons. The van der Waals surface area contributed by atoms with E-state index in [-0.39, 0.29) is 23.0 Å². The van der Waals surface area contributed by atoms with Crippen molar-refractivity contribution < 1.29 is 14.7 Å². The molecule has 5 fully saturated rings. The Balaban J connectivity index is 1.49. The van der Waals surface area contributed by atoms with Crippen molar-refractivity contribution in [3.63, 3.8) is 0 Å². The number of urea groups is 1. The Hall–Kier alpha value is -1.97. The molecule has 5 rings (SSSR count). The van der Waals surface area contributed by atoms with Gasteiger partial charge in [0.05, 0.1) is 17.5 Å². The SMILES string of the molecule is N#CC12CC(N3CC4CN(C(=O)O)CCN4C3=O)(C1)C2. The molecule has 3 aliphatic carbocycles. The van der Waals surface area contributed by atoms with Gasteiger partial charge in [0, 0.05) is 31.7 Å². The maximum atomic E-state index is 12.5. The first-order valence-corrected chi connectivity index (χ1v) is 6.96. The summed E-state index contributed by atoms with van der Waals surface area (Å²) < 4.78 is 0. The fourth-order valence-corrected chi connectivity index (χ4v) is 4.42. The number of carbonyl (C=O) groups excluding carboxylic acids is 1. The fraction of sp³-hybridized carbons (Fsp3) is 0.769. The van der Waals surface area contributed by atoms with Crippen LogP contribution in [0.3, 0.4) is 0 Å². The molecule has 0 aromatic rings. The highest BCUT2D eigenvalue weighted by atomic mass is 16.4. The van der Waals surface area contributed by atoms with Crippen molar-refractivity contribution in [2.45, 2.75) is 30.8 Å². The van der Waals surface area contributed by atoms with E-state index >= 15 is 0 Å². The van der Waals surface area contributed by atoms with E-state index in [4.69, 9.17) is 10.4 Å². The van der Waals surface area contributed by atoms with Crippen molar-refractivity contribution in [2.75, 3.05) is 26.2 Å². The lowest BCUT2D eigenvalue weighted by Crippen LogP contribution is -2.74. The lowest BCUT2D eigenvalue weighted by Gasteiger charge is -2.69. The van der Waals surface area contributed by atoms with Crippen molar-refractivity contribution >= 4 is 12.1 Å². The third-order valence-electron chi connectivity index (χ3n) is 5.44. The van der Waals surface area contributed by atoms with E-state index in [0.29, 0.717) is 26.2 Å². The molecule has 1 unspecified atom stereocenters. The van der Waals surface area contributed by atoms with Gasteiger partial charge in [-0.1, -0.05) is 0 Å². The number of carbonyl (C=O) groups is 2. The summed E-state index contributed by atoms with van der Waals surface area (Å²) in [5.74, 6) is 0. The Morgan fingerprint density at radius 3 is 2.60 bits per heavy atom. The molecule has 0 spiro atoms. The van der Waals surface area contributed by atoms with Gasteiger partial charge in [0.15, 0.2) is 0 Å². The molecule has 0 radical (unpaired) electrons. The monoisotopic (exact) mass is 276 g/mol. The number of rotatable bonds is 1. The van der Waals surface area contributed by atoms with E-state index in [0.717, 1.165) is 19.3 Å². The fourth-order valence-electron chi connectivity index (χ4n) is 4.42. The van der Waals surface area contributed by atoms with Crippen LogP contribution in [0.2, 0.25) is 0 Å². The predicted octanol–water partition coefficient (Wildman–Crippen LogP) is 0.532. The van der Waals surface area contributed by atoms with Crippen LogP contribution in [0.1, 0.15) is 19.3 Å². The Bertz CT molecular complexity index is 535. The molecule has 2 aliphatic heterocycles. The standard InChI is InChI=1S/C13H16N4O3/c14-8-12-5-13(6-12,7-12)17-4-9-3-15(11(19)20)1-2-16(9)10(17)18/h9H,1-7H2,(H,19,20). The second-order valence-electron chi connectivity index (χ2n) is 6.62. The maximum absolute atomic E-state index is 12.5. The summed E-state index contributed by atoms with van der Waals surface area (Å²) >= 11 is 0. The molecule has 1 atom stereocenters. The van der Waals surface area contributed by atoms with Gasteiger partial charge >= 0.3 is 12.1 Å². The van der Waals surface area contributed by atoms with Crippen LogP contribution in [0.5, 0.6) is 0 Å². The molecule has 2 saturated heterocycles. The van der Waals surface area contributed by atoms with E-state index in [1.165, 1.54) is 4.90 Å². The van der Waals surface area contributed by atoms with Crippen LogP contribution < -0.4 is 0 Å². The normalized spacial score (nSPS) is 41.6. The van der Waals surface area contributed by atoms with E-state index in [2.05, 4.69) is 6.07 Å². The zero-order valence-electron chi connectivity index (χ0n) is 11.1. The number of nitriles is 1. The van der Waals surface area contributed by atoms with Crippen LogP contribution in [0.25, 0.3) is 0 Å². The number of piperazine rings is 1. The van der Waals surface area contributed by atoms with Crippen LogP contribution in [0, 0.1) is 16.7 Å². The number of hydrogen-bond acceptors (Lipinski definition) is 3. The number of amides is 3. The molecule has 7 nitrogen and oxygen atoms in total. The zero-order chi connectivity index (χ0) is 14.1. The van der Waals surface area contributed by atoms with Crippen molar-refractivity contribution in [3.05, 3.63) is 0 Å². The van der Waals surface area contributed by atoms with E-state index < -0.39 is 6.09 Å². The largest absolute Gasteiger partial charge is 0.465 e. The van der Waals surface area contributed by atoms with Crippen molar-refractivity contribution in [2.24, 2.45) is 5.41 Å². The topological polar surface area (TPSA) is 87.9 Å². The molecular weight excluding hydrogens is 260 g/mol. The molecular formula is C13H16N4O3. The predicted molar refractivity (Wildman–Crippen MR) is 66.8 cm³/mol. The minimum Gasteiger partial charge on any atom is -0.465 e. The molecule has 1 N–H and O–H groups in total. The molecule has 5 aliphatic rings. The van der Waals surface area contributed by atoms with Gasteiger partial charge in [-0.25, -0.2) is 9.59 Å². The highest BCUT2D eigenvalue weighted by Crippen LogP contribution is 2.70. The smallest absolute Gasteiger partial charge is 0.407 e. The molecule has 0 aromatic carbocycles. The lowest BCUT2D eigenvalue weighted by atomic mass is 9.39. The van der Waals surface area contributed by atoms with Gasteiger partial charge in [0.25, 0.3) is 0 Å². The summed E-state index contributed by atoms with van der Waals surface area (Å²) in [6.07, 6.45) is 1.48. The zero-order valence-corrected chi connectivity index (χ0v) is 11.1. The second kappa shape index (κ2) is 3.37. The van der Waals surface area contributed by atoms with Crippen molar-refractivity contribution in [1.82, 2.24) is 14.7 Å². The highest BCUT2D eigenvalue weighted by molar-refractivity contribution is 5.80. The van der Waals surface area contributed by atoms with Gasteiger partial charge in [0.2, 0.25) is 0 Å². The molecule has 0 aromatic heterocycles. The summed E-state index contributed by atoms with van der Waals surface area (Å²) in [6.45, 7) is 1.87. The summed E-state index contributed by atoms with van der Waals surface area (Å²) in [5.41, 5.74) is -0.269. The maximum Gasteiger partial charge on any atom is 0.407 e. The Morgan fingerprint density at radius 2 is 2.00 bits per heavy atom. The Labute approximate surface area is 116 Å². The molecule has 20 heavy (non-hydrogen) atoms. The first-order chi connectivity index (χ1) is 9.49. The van der Waals surface area contributed by atoms with Gasteiger partial charge < -0.3 is 19.8 Å². The van der Waals surface area contributed by atoms with Gasteiger partial charge in [-0.2, -0.15) is 5.26 Å². The summed E-state index contributed by atoms with van der Waals surface area (Å²) in [6, 6.07) is 2.36. The third-order valence-corrected chi connectivity index (χ3v) is 5.44. The summed E-state index contributed by atoms with van der Waals surface area (Å²) in [5, 5.41) is 18.1. The molecule has 7 heteroatoms. The van der Waals surface area contributed by atoms with Gasteiger partial charge in [-0.15, -0.1) is 0 Å². The van der Waals surface area contributed by atoms with E-state index in [9.17, 15) is 9.59 Å². The van der Waals surface area contributed by atoms with Gasteiger partial charge in [-0.3, -0.25) is 0 Å². The number of carboxylic acid groups (broad SMARTS) is 1. The molecule has 2 bridgehead atoms. The first-order valence-electron chi connectivity index (χ1n) is 6.96. The van der Waals surface area contributed by atoms with Crippen LogP contribution in [-0.2, 0) is 0 Å². The van der Waals surface area contributed by atoms with Crippen LogP contribution >= 0.6 is 0 Å². The Kier molecular flexibility index (Phi) is 1.99. The first kappa shape index (κ1) is 11.8. The number of nitrogens with zero attached hydrogens (tertiary/aromatic N) is 4. The Morgan fingerprint density at radius 1 is 1.30 bits per heavy atom. The van der Waals surface area contributed by atoms with Gasteiger partial charge in [-0.05, 0) is 19.3 Å². The van der Waals surface area contributed by atoms with Crippen LogP contribution in [-0.4, -0.2) is 69.7 Å². The minimum atomic E-state index is -0.913.